The molecule has 0 saturated heterocycles. The third-order valence-electron chi connectivity index (χ3n) is 4.53. The predicted molar refractivity (Wildman–Crippen MR) is 109 cm³/mol. The molecule has 1 heterocycles. The van der Waals surface area contributed by atoms with Crippen molar-refractivity contribution in [3.05, 3.63) is 88.4 Å². The molecule has 1 atom stereocenters. The van der Waals surface area contributed by atoms with Crippen molar-refractivity contribution in [1.29, 1.82) is 0 Å². The molecule has 3 aromatic carbocycles. The van der Waals surface area contributed by atoms with E-state index >= 15 is 0 Å². The van der Waals surface area contributed by atoms with E-state index in [1.54, 1.807) is 17.4 Å². The number of rotatable bonds is 4. The Hall–Kier alpha value is -2.85. The first-order chi connectivity index (χ1) is 12.6. The van der Waals surface area contributed by atoms with Crippen LogP contribution in [0.4, 0.5) is 5.13 Å². The van der Waals surface area contributed by atoms with Gasteiger partial charge in [0.05, 0.1) is 11.7 Å². The van der Waals surface area contributed by atoms with Crippen LogP contribution in [0.1, 0.15) is 28.4 Å². The average Bonchev–Trinajstić information content (AvgIpc) is 3.06. The summed E-state index contributed by atoms with van der Waals surface area (Å²) in [6.07, 6.45) is 0. The molecule has 2 N–H and O–H groups in total. The lowest BCUT2D eigenvalue weighted by atomic mass is 9.92. The summed E-state index contributed by atoms with van der Waals surface area (Å²) in [5, 5.41) is 19.3. The van der Waals surface area contributed by atoms with Crippen molar-refractivity contribution >= 4 is 27.2 Å². The van der Waals surface area contributed by atoms with E-state index in [0.717, 1.165) is 32.7 Å². The van der Waals surface area contributed by atoms with E-state index in [0.29, 0.717) is 0 Å². The Morgan fingerprint density at radius 2 is 1.73 bits per heavy atom. The SMILES string of the molecule is Cc1ccc(C(Nc2nc(C)cs2)c2c(O)ccc3ccccc23)cc1. The first-order valence-electron chi connectivity index (χ1n) is 8.57. The van der Waals surface area contributed by atoms with Crippen LogP contribution in [0, 0.1) is 13.8 Å². The second kappa shape index (κ2) is 6.81. The van der Waals surface area contributed by atoms with Crippen LogP contribution in [0.15, 0.2) is 66.0 Å². The molecule has 1 unspecified atom stereocenters. The molecule has 3 nitrogen and oxygen atoms in total. The van der Waals surface area contributed by atoms with E-state index in [1.807, 2.05) is 30.5 Å². The van der Waals surface area contributed by atoms with Gasteiger partial charge in [0.25, 0.3) is 0 Å². The Bertz CT molecular complexity index is 1050. The minimum absolute atomic E-state index is 0.188. The van der Waals surface area contributed by atoms with Gasteiger partial charge in [0.15, 0.2) is 5.13 Å². The van der Waals surface area contributed by atoms with Crippen molar-refractivity contribution in [2.24, 2.45) is 0 Å². The highest BCUT2D eigenvalue weighted by Gasteiger charge is 2.21. The normalized spacial score (nSPS) is 12.2. The minimum Gasteiger partial charge on any atom is -0.508 e. The van der Waals surface area contributed by atoms with Crippen molar-refractivity contribution in [3.63, 3.8) is 0 Å². The zero-order chi connectivity index (χ0) is 18.1. The van der Waals surface area contributed by atoms with Crippen LogP contribution < -0.4 is 5.32 Å². The minimum atomic E-state index is -0.188. The molecule has 0 fully saturated rings. The third-order valence-corrected chi connectivity index (χ3v) is 5.43. The van der Waals surface area contributed by atoms with Gasteiger partial charge in [0, 0.05) is 10.9 Å². The zero-order valence-electron chi connectivity index (χ0n) is 14.7. The number of fused-ring (bicyclic) bond motifs is 1. The van der Waals surface area contributed by atoms with Crippen LogP contribution in [0.3, 0.4) is 0 Å². The maximum Gasteiger partial charge on any atom is 0.183 e. The van der Waals surface area contributed by atoms with Crippen molar-refractivity contribution < 1.29 is 5.11 Å². The second-order valence-electron chi connectivity index (χ2n) is 6.50. The molecule has 26 heavy (non-hydrogen) atoms. The molecule has 0 aliphatic rings. The first kappa shape index (κ1) is 16.6. The lowest BCUT2D eigenvalue weighted by Crippen LogP contribution is -2.13. The molecular formula is C22H20N2OS. The van der Waals surface area contributed by atoms with Crippen LogP contribution in [0.5, 0.6) is 5.75 Å². The van der Waals surface area contributed by atoms with Gasteiger partial charge in [-0.3, -0.25) is 0 Å². The smallest absolute Gasteiger partial charge is 0.183 e. The molecular weight excluding hydrogens is 340 g/mol. The van der Waals surface area contributed by atoms with Crippen molar-refractivity contribution in [2.75, 3.05) is 5.32 Å². The third kappa shape index (κ3) is 3.16. The molecule has 0 radical (unpaired) electrons. The lowest BCUT2D eigenvalue weighted by molar-refractivity contribution is 0.468. The van der Waals surface area contributed by atoms with Crippen LogP contribution in [0.25, 0.3) is 10.8 Å². The van der Waals surface area contributed by atoms with Gasteiger partial charge in [-0.25, -0.2) is 4.98 Å². The topological polar surface area (TPSA) is 45.2 Å². The van der Waals surface area contributed by atoms with Crippen molar-refractivity contribution in [3.8, 4) is 5.75 Å². The quantitative estimate of drug-likeness (QED) is 0.482. The largest absolute Gasteiger partial charge is 0.508 e. The predicted octanol–water partition coefficient (Wildman–Crippen LogP) is 5.82. The molecule has 0 amide bonds. The van der Waals surface area contributed by atoms with E-state index in [-0.39, 0.29) is 11.8 Å². The Balaban J connectivity index is 1.90. The molecule has 0 bridgehead atoms. The number of phenols is 1. The monoisotopic (exact) mass is 360 g/mol. The van der Waals surface area contributed by atoms with Crippen LogP contribution in [0.2, 0.25) is 0 Å². The summed E-state index contributed by atoms with van der Waals surface area (Å²) in [5.41, 5.74) is 4.16. The van der Waals surface area contributed by atoms with Crippen molar-refractivity contribution in [2.45, 2.75) is 19.9 Å². The van der Waals surface area contributed by atoms with E-state index in [2.05, 4.69) is 53.6 Å². The number of nitrogens with one attached hydrogen (secondary N) is 1. The average molecular weight is 360 g/mol. The number of thiazole rings is 1. The van der Waals surface area contributed by atoms with Gasteiger partial charge < -0.3 is 10.4 Å². The molecule has 0 aliphatic heterocycles. The number of benzene rings is 3. The van der Waals surface area contributed by atoms with Gasteiger partial charge in [-0.2, -0.15) is 0 Å². The van der Waals surface area contributed by atoms with E-state index < -0.39 is 0 Å². The van der Waals surface area contributed by atoms with E-state index in [1.165, 1.54) is 5.56 Å². The highest BCUT2D eigenvalue weighted by Crippen LogP contribution is 2.38. The number of hydrogen-bond donors (Lipinski definition) is 2. The van der Waals surface area contributed by atoms with Gasteiger partial charge in [-0.15, -0.1) is 11.3 Å². The maximum absolute atomic E-state index is 10.7. The molecule has 4 aromatic rings. The Morgan fingerprint density at radius 3 is 2.46 bits per heavy atom. The first-order valence-corrected chi connectivity index (χ1v) is 9.45. The number of hydrogen-bond acceptors (Lipinski definition) is 4. The summed E-state index contributed by atoms with van der Waals surface area (Å²) in [4.78, 5) is 4.55. The summed E-state index contributed by atoms with van der Waals surface area (Å²) < 4.78 is 0. The highest BCUT2D eigenvalue weighted by molar-refractivity contribution is 7.13. The van der Waals surface area contributed by atoms with Crippen LogP contribution in [-0.4, -0.2) is 10.1 Å². The van der Waals surface area contributed by atoms with Crippen LogP contribution in [-0.2, 0) is 0 Å². The number of aromatic nitrogens is 1. The number of anilines is 1. The standard InChI is InChI=1S/C22H20N2OS/c1-14-7-9-17(10-8-14)21(24-22-23-15(2)13-26-22)20-18-6-4-3-5-16(18)11-12-19(20)25/h3-13,21,25H,1-2H3,(H,23,24). The van der Waals surface area contributed by atoms with Gasteiger partial charge in [-0.05, 0) is 36.2 Å². The Labute approximate surface area is 157 Å². The number of nitrogens with zero attached hydrogens (tertiary/aromatic N) is 1. The number of aromatic hydroxyl groups is 1. The summed E-state index contributed by atoms with van der Waals surface area (Å²) in [6.45, 7) is 4.06. The molecule has 4 rings (SSSR count). The highest BCUT2D eigenvalue weighted by atomic mass is 32.1. The molecule has 0 aliphatic carbocycles. The summed E-state index contributed by atoms with van der Waals surface area (Å²) in [5.74, 6) is 0.287. The van der Waals surface area contributed by atoms with Gasteiger partial charge in [0.2, 0.25) is 0 Å². The number of phenolic OH excluding ortho intramolecular Hbond substituents is 1. The zero-order valence-corrected chi connectivity index (χ0v) is 15.5. The summed E-state index contributed by atoms with van der Waals surface area (Å²) in [6, 6.07) is 20.1. The van der Waals surface area contributed by atoms with Gasteiger partial charge >= 0.3 is 0 Å². The summed E-state index contributed by atoms with van der Waals surface area (Å²) in [7, 11) is 0. The van der Waals surface area contributed by atoms with Crippen molar-refractivity contribution in [1.82, 2.24) is 4.98 Å². The van der Waals surface area contributed by atoms with E-state index in [9.17, 15) is 5.11 Å². The molecule has 130 valence electrons. The fraction of sp³-hybridized carbons (Fsp3) is 0.136. The maximum atomic E-state index is 10.7. The Morgan fingerprint density at radius 1 is 0.962 bits per heavy atom. The van der Waals surface area contributed by atoms with Gasteiger partial charge in [-0.1, -0.05) is 60.2 Å². The molecule has 1 aromatic heterocycles. The Kier molecular flexibility index (Phi) is 4.35. The van der Waals surface area contributed by atoms with Gasteiger partial charge in [0.1, 0.15) is 5.75 Å². The van der Waals surface area contributed by atoms with E-state index in [4.69, 9.17) is 0 Å². The molecule has 0 saturated carbocycles. The molecule has 4 heteroatoms. The summed E-state index contributed by atoms with van der Waals surface area (Å²) >= 11 is 1.58. The lowest BCUT2D eigenvalue weighted by Gasteiger charge is -2.22. The number of aryl methyl sites for hydroxylation is 2. The van der Waals surface area contributed by atoms with Crippen LogP contribution >= 0.6 is 11.3 Å². The fourth-order valence-corrected chi connectivity index (χ4v) is 3.93. The fourth-order valence-electron chi connectivity index (χ4n) is 3.21. The molecule has 0 spiro atoms. The second-order valence-corrected chi connectivity index (χ2v) is 7.36.